The molecule has 1 rings (SSSR count). The van der Waals surface area contributed by atoms with E-state index in [1.807, 2.05) is 18.7 Å². The number of carboxylic acids is 1. The van der Waals surface area contributed by atoms with Gasteiger partial charge in [-0.15, -0.1) is 0 Å². The van der Waals surface area contributed by atoms with E-state index in [-0.39, 0.29) is 18.0 Å². The summed E-state index contributed by atoms with van der Waals surface area (Å²) in [4.78, 5) is 25.0. The van der Waals surface area contributed by atoms with Gasteiger partial charge < -0.3 is 10.4 Å². The highest BCUT2D eigenvalue weighted by Crippen LogP contribution is 2.20. The third-order valence-corrected chi connectivity index (χ3v) is 3.71. The van der Waals surface area contributed by atoms with Gasteiger partial charge >= 0.3 is 5.97 Å². The molecule has 0 aliphatic carbocycles. The van der Waals surface area contributed by atoms with E-state index >= 15 is 0 Å². The summed E-state index contributed by atoms with van der Waals surface area (Å²) in [6, 6.07) is -0.759. The Bertz CT molecular complexity index is 307. The molecule has 104 valence electrons. The predicted molar refractivity (Wildman–Crippen MR) is 69.3 cm³/mol. The van der Waals surface area contributed by atoms with Gasteiger partial charge in [0.15, 0.2) is 0 Å². The zero-order chi connectivity index (χ0) is 13.7. The van der Waals surface area contributed by atoms with Gasteiger partial charge in [0.05, 0.1) is 6.04 Å². The number of likely N-dealkylation sites (tertiary alicyclic amines) is 1. The molecule has 0 radical (unpaired) electrons. The molecule has 3 unspecified atom stereocenters. The molecular formula is C13H24N2O3. The summed E-state index contributed by atoms with van der Waals surface area (Å²) in [6.45, 7) is 6.44. The third-order valence-electron chi connectivity index (χ3n) is 3.71. The van der Waals surface area contributed by atoms with Crippen LogP contribution < -0.4 is 5.32 Å². The van der Waals surface area contributed by atoms with E-state index in [2.05, 4.69) is 5.32 Å². The van der Waals surface area contributed by atoms with Crippen molar-refractivity contribution in [2.75, 3.05) is 6.54 Å². The summed E-state index contributed by atoms with van der Waals surface area (Å²) in [6.07, 6.45) is 3.40. The molecule has 3 atom stereocenters. The molecule has 0 saturated carbocycles. The van der Waals surface area contributed by atoms with Gasteiger partial charge in [0.2, 0.25) is 5.91 Å². The molecule has 5 heteroatoms. The lowest BCUT2D eigenvalue weighted by Crippen LogP contribution is -2.55. The number of carbonyl (C=O) groups is 2. The monoisotopic (exact) mass is 256 g/mol. The van der Waals surface area contributed by atoms with Crippen molar-refractivity contribution >= 4 is 11.9 Å². The standard InChI is InChI=1S/C13H24N2O3/c1-4-9(2)14-12(16)10(3)15-8-6-5-7-11(15)13(17)18/h9-11H,4-8H2,1-3H3,(H,14,16)(H,17,18). The first-order valence-corrected chi connectivity index (χ1v) is 6.76. The fraction of sp³-hybridized carbons (Fsp3) is 0.846. The number of aliphatic carboxylic acids is 1. The quantitative estimate of drug-likeness (QED) is 0.776. The van der Waals surface area contributed by atoms with Crippen LogP contribution in [0.25, 0.3) is 0 Å². The normalized spacial score (nSPS) is 24.3. The number of amides is 1. The average Bonchev–Trinajstić information content (AvgIpc) is 2.37. The Hall–Kier alpha value is -1.10. The van der Waals surface area contributed by atoms with Crippen molar-refractivity contribution in [3.05, 3.63) is 0 Å². The Balaban J connectivity index is 2.65. The lowest BCUT2D eigenvalue weighted by Gasteiger charge is -2.37. The first-order valence-electron chi connectivity index (χ1n) is 6.76. The highest BCUT2D eigenvalue weighted by Gasteiger charge is 2.34. The molecule has 1 amide bonds. The van der Waals surface area contributed by atoms with Crippen LogP contribution in [0, 0.1) is 0 Å². The highest BCUT2D eigenvalue weighted by molar-refractivity contribution is 5.83. The lowest BCUT2D eigenvalue weighted by atomic mass is 10.00. The Morgan fingerprint density at radius 3 is 2.61 bits per heavy atom. The summed E-state index contributed by atoms with van der Waals surface area (Å²) in [5.41, 5.74) is 0. The van der Waals surface area contributed by atoms with Crippen LogP contribution in [0.3, 0.4) is 0 Å². The molecule has 1 aliphatic heterocycles. The van der Waals surface area contributed by atoms with Crippen molar-refractivity contribution < 1.29 is 14.7 Å². The molecule has 0 aromatic rings. The summed E-state index contributed by atoms with van der Waals surface area (Å²) >= 11 is 0. The highest BCUT2D eigenvalue weighted by atomic mass is 16.4. The van der Waals surface area contributed by atoms with Gasteiger partial charge in [0.1, 0.15) is 6.04 Å². The minimum Gasteiger partial charge on any atom is -0.480 e. The number of nitrogens with one attached hydrogen (secondary N) is 1. The van der Waals surface area contributed by atoms with Crippen molar-refractivity contribution in [1.29, 1.82) is 0 Å². The number of carboxylic acid groups (broad SMARTS) is 1. The van der Waals surface area contributed by atoms with Crippen LogP contribution in [0.5, 0.6) is 0 Å². The van der Waals surface area contributed by atoms with E-state index in [0.29, 0.717) is 13.0 Å². The second-order valence-corrected chi connectivity index (χ2v) is 5.08. The van der Waals surface area contributed by atoms with Crippen LogP contribution in [0.1, 0.15) is 46.5 Å². The second-order valence-electron chi connectivity index (χ2n) is 5.08. The van der Waals surface area contributed by atoms with Crippen molar-refractivity contribution in [3.8, 4) is 0 Å². The Morgan fingerprint density at radius 1 is 1.39 bits per heavy atom. The summed E-state index contributed by atoms with van der Waals surface area (Å²) in [7, 11) is 0. The van der Waals surface area contributed by atoms with E-state index < -0.39 is 12.0 Å². The smallest absolute Gasteiger partial charge is 0.320 e. The predicted octanol–water partition coefficient (Wildman–Crippen LogP) is 1.23. The van der Waals surface area contributed by atoms with Gasteiger partial charge in [-0.25, -0.2) is 0 Å². The van der Waals surface area contributed by atoms with Crippen LogP contribution in [-0.4, -0.2) is 46.6 Å². The summed E-state index contributed by atoms with van der Waals surface area (Å²) in [5.74, 6) is -0.893. The summed E-state index contributed by atoms with van der Waals surface area (Å²) < 4.78 is 0. The first kappa shape index (κ1) is 15.0. The van der Waals surface area contributed by atoms with Gasteiger partial charge in [0.25, 0.3) is 0 Å². The number of hydrogen-bond donors (Lipinski definition) is 2. The van der Waals surface area contributed by atoms with Crippen LogP contribution >= 0.6 is 0 Å². The van der Waals surface area contributed by atoms with Crippen LogP contribution in [-0.2, 0) is 9.59 Å². The van der Waals surface area contributed by atoms with Gasteiger partial charge in [-0.2, -0.15) is 0 Å². The topological polar surface area (TPSA) is 69.6 Å². The number of carbonyl (C=O) groups excluding carboxylic acids is 1. The average molecular weight is 256 g/mol. The molecule has 1 saturated heterocycles. The van der Waals surface area contributed by atoms with E-state index in [4.69, 9.17) is 0 Å². The lowest BCUT2D eigenvalue weighted by molar-refractivity contribution is -0.147. The number of hydrogen-bond acceptors (Lipinski definition) is 3. The maximum absolute atomic E-state index is 12.0. The molecular weight excluding hydrogens is 232 g/mol. The first-order chi connectivity index (χ1) is 8.47. The van der Waals surface area contributed by atoms with Gasteiger partial charge in [-0.1, -0.05) is 13.3 Å². The molecule has 0 aromatic heterocycles. The molecule has 1 aliphatic rings. The SMILES string of the molecule is CCC(C)NC(=O)C(C)N1CCCCC1C(=O)O. The minimum atomic E-state index is -0.821. The maximum atomic E-state index is 12.0. The molecule has 0 spiro atoms. The van der Waals surface area contributed by atoms with Crippen molar-refractivity contribution in [1.82, 2.24) is 10.2 Å². The van der Waals surface area contributed by atoms with E-state index in [9.17, 15) is 14.7 Å². The molecule has 5 nitrogen and oxygen atoms in total. The van der Waals surface area contributed by atoms with Crippen molar-refractivity contribution in [2.24, 2.45) is 0 Å². The molecule has 0 aromatic carbocycles. The third kappa shape index (κ3) is 3.70. The fourth-order valence-electron chi connectivity index (χ4n) is 2.30. The molecule has 1 fully saturated rings. The van der Waals surface area contributed by atoms with Crippen molar-refractivity contribution in [2.45, 2.75) is 64.6 Å². The molecule has 2 N–H and O–H groups in total. The number of piperidine rings is 1. The Labute approximate surface area is 109 Å². The van der Waals surface area contributed by atoms with Gasteiger partial charge in [-0.3, -0.25) is 14.5 Å². The minimum absolute atomic E-state index is 0.0718. The Kier molecular flexibility index (Phi) is 5.59. The van der Waals surface area contributed by atoms with Crippen LogP contribution in [0.4, 0.5) is 0 Å². The van der Waals surface area contributed by atoms with Crippen LogP contribution in [0.15, 0.2) is 0 Å². The van der Waals surface area contributed by atoms with Gasteiger partial charge in [0, 0.05) is 6.04 Å². The second kappa shape index (κ2) is 6.73. The molecule has 1 heterocycles. The van der Waals surface area contributed by atoms with Crippen LogP contribution in [0.2, 0.25) is 0 Å². The van der Waals surface area contributed by atoms with E-state index in [0.717, 1.165) is 19.3 Å². The number of nitrogens with zero attached hydrogens (tertiary/aromatic N) is 1. The molecule has 0 bridgehead atoms. The Morgan fingerprint density at radius 2 is 2.06 bits per heavy atom. The summed E-state index contributed by atoms with van der Waals surface area (Å²) in [5, 5.41) is 12.1. The van der Waals surface area contributed by atoms with E-state index in [1.54, 1.807) is 6.92 Å². The zero-order valence-corrected chi connectivity index (χ0v) is 11.5. The molecule has 18 heavy (non-hydrogen) atoms. The van der Waals surface area contributed by atoms with Gasteiger partial charge in [-0.05, 0) is 39.7 Å². The zero-order valence-electron chi connectivity index (χ0n) is 11.5. The fourth-order valence-corrected chi connectivity index (χ4v) is 2.30. The maximum Gasteiger partial charge on any atom is 0.320 e. The largest absolute Gasteiger partial charge is 0.480 e. The number of rotatable bonds is 5. The van der Waals surface area contributed by atoms with E-state index in [1.165, 1.54) is 0 Å². The van der Waals surface area contributed by atoms with Crippen molar-refractivity contribution in [3.63, 3.8) is 0 Å².